The summed E-state index contributed by atoms with van der Waals surface area (Å²) in [5, 5.41) is 1.90. The number of urea groups is 2. The molecule has 0 spiro atoms. The van der Waals surface area contributed by atoms with E-state index in [-0.39, 0.29) is 5.92 Å². The molecule has 1 atom stereocenters. The number of carbonyl (C=O) groups is 2. The third-order valence-corrected chi connectivity index (χ3v) is 3.58. The van der Waals surface area contributed by atoms with Crippen LogP contribution in [-0.4, -0.2) is 48.3 Å². The summed E-state index contributed by atoms with van der Waals surface area (Å²) in [6.07, 6.45) is 7.64. The molecule has 25 heavy (non-hydrogen) atoms. The molecule has 150 valence electrons. The molecular formula is C15H38N8O2. The number of unbranched alkanes of at least 4 members (excludes halogenated alkanes) is 4. The van der Waals surface area contributed by atoms with Crippen molar-refractivity contribution in [2.24, 2.45) is 40.5 Å². The van der Waals surface area contributed by atoms with Crippen LogP contribution in [0.25, 0.3) is 0 Å². The van der Waals surface area contributed by atoms with Gasteiger partial charge in [-0.25, -0.2) is 21.3 Å². The quantitative estimate of drug-likeness (QED) is 0.120. The van der Waals surface area contributed by atoms with Gasteiger partial charge in [0.15, 0.2) is 0 Å². The monoisotopic (exact) mass is 362 g/mol. The average molecular weight is 363 g/mol. The lowest BCUT2D eigenvalue weighted by atomic mass is 10.1. The van der Waals surface area contributed by atoms with Gasteiger partial charge >= 0.3 is 12.1 Å². The van der Waals surface area contributed by atoms with E-state index < -0.39 is 12.1 Å². The molecule has 0 aromatic heterocycles. The zero-order chi connectivity index (χ0) is 19.7. The first-order valence-corrected chi connectivity index (χ1v) is 8.79. The summed E-state index contributed by atoms with van der Waals surface area (Å²) >= 11 is 0. The summed E-state index contributed by atoms with van der Waals surface area (Å²) in [5.41, 5.74) is 20.6. The van der Waals surface area contributed by atoms with Crippen molar-refractivity contribution in [2.45, 2.75) is 51.9 Å². The fourth-order valence-electron chi connectivity index (χ4n) is 2.06. The Morgan fingerprint density at radius 2 is 1.24 bits per heavy atom. The van der Waals surface area contributed by atoms with Gasteiger partial charge in [-0.3, -0.25) is 10.0 Å². The number of hydrogen-bond acceptors (Lipinski definition) is 6. The molecule has 0 aromatic carbocycles. The Kier molecular flexibility index (Phi) is 17.6. The minimum atomic E-state index is -0.663. The molecule has 10 nitrogen and oxygen atoms in total. The van der Waals surface area contributed by atoms with E-state index in [0.29, 0.717) is 19.5 Å². The van der Waals surface area contributed by atoms with E-state index in [9.17, 15) is 9.59 Å². The summed E-state index contributed by atoms with van der Waals surface area (Å²) in [6, 6.07) is -1.32. The summed E-state index contributed by atoms with van der Waals surface area (Å²) in [5.74, 6) is 10.8. The van der Waals surface area contributed by atoms with Gasteiger partial charge < -0.3 is 22.9 Å². The topological polar surface area (TPSA) is 197 Å². The number of nitrogens with two attached hydrogens (primary N) is 6. The van der Waals surface area contributed by atoms with E-state index in [1.807, 2.05) is 6.92 Å². The van der Waals surface area contributed by atoms with E-state index in [1.165, 1.54) is 32.1 Å². The molecule has 0 saturated carbocycles. The predicted molar refractivity (Wildman–Crippen MR) is 101 cm³/mol. The Hall–Kier alpha value is -1.62. The summed E-state index contributed by atoms with van der Waals surface area (Å²) < 4.78 is 0. The van der Waals surface area contributed by atoms with Gasteiger partial charge in [-0.2, -0.15) is 0 Å². The lowest BCUT2D eigenvalue weighted by Gasteiger charge is -2.20. The Bertz CT molecular complexity index is 337. The van der Waals surface area contributed by atoms with Gasteiger partial charge in [-0.15, -0.1) is 0 Å². The second-order valence-corrected chi connectivity index (χ2v) is 6.11. The Morgan fingerprint density at radius 3 is 1.64 bits per heavy atom. The number of nitrogens with zero attached hydrogens (tertiary/aromatic N) is 2. The molecule has 0 aliphatic carbocycles. The van der Waals surface area contributed by atoms with Crippen molar-refractivity contribution in [2.75, 3.05) is 26.2 Å². The van der Waals surface area contributed by atoms with Crippen molar-refractivity contribution < 1.29 is 9.59 Å². The molecule has 10 heteroatoms. The van der Waals surface area contributed by atoms with Gasteiger partial charge in [0.25, 0.3) is 0 Å². The van der Waals surface area contributed by atoms with Crippen LogP contribution < -0.4 is 34.6 Å². The van der Waals surface area contributed by atoms with Crippen LogP contribution in [0.5, 0.6) is 0 Å². The van der Waals surface area contributed by atoms with Crippen LogP contribution in [0.1, 0.15) is 51.9 Å². The number of hydrogen-bond donors (Lipinski definition) is 6. The number of hydrazine groups is 2. The van der Waals surface area contributed by atoms with Crippen LogP contribution in [0.3, 0.4) is 0 Å². The second-order valence-electron chi connectivity index (χ2n) is 6.11. The minimum Gasteiger partial charge on any atom is -0.350 e. The number of carbonyl (C=O) groups excluding carboxylic acids is 2. The van der Waals surface area contributed by atoms with E-state index >= 15 is 0 Å². The van der Waals surface area contributed by atoms with Crippen molar-refractivity contribution in [1.82, 2.24) is 10.0 Å². The molecule has 0 rings (SSSR count). The first kappa shape index (κ1) is 25.6. The molecule has 0 aromatic rings. The second kappa shape index (κ2) is 17.2. The maximum absolute atomic E-state index is 10.6. The molecular weight excluding hydrogens is 324 g/mol. The maximum Gasteiger partial charge on any atom is 0.328 e. The molecule has 0 fully saturated rings. The molecule has 0 radical (unpaired) electrons. The smallest absolute Gasteiger partial charge is 0.328 e. The van der Waals surface area contributed by atoms with Crippen molar-refractivity contribution in [3.8, 4) is 0 Å². The minimum absolute atomic E-state index is 0.179. The first-order valence-electron chi connectivity index (χ1n) is 8.79. The maximum atomic E-state index is 10.6. The highest BCUT2D eigenvalue weighted by molar-refractivity contribution is 5.71. The van der Waals surface area contributed by atoms with E-state index in [2.05, 4.69) is 0 Å². The highest BCUT2D eigenvalue weighted by Crippen LogP contribution is 2.06. The number of amides is 4. The third-order valence-electron chi connectivity index (χ3n) is 3.58. The Balaban J connectivity index is 0. The van der Waals surface area contributed by atoms with E-state index in [1.54, 1.807) is 0 Å². The number of primary amides is 2. The molecule has 4 amide bonds. The molecule has 12 N–H and O–H groups in total. The van der Waals surface area contributed by atoms with Gasteiger partial charge in [0.1, 0.15) is 0 Å². The SMILES string of the molecule is CC(CCCN(N)C(N)=O)CN(N)C(N)=O.NCCCCCCCN. The predicted octanol–water partition coefficient (Wildman–Crippen LogP) is -0.234. The summed E-state index contributed by atoms with van der Waals surface area (Å²) in [4.78, 5) is 21.2. The molecule has 1 unspecified atom stereocenters. The molecule has 0 aliphatic heterocycles. The molecule has 0 bridgehead atoms. The lowest BCUT2D eigenvalue weighted by Crippen LogP contribution is -2.44. The lowest BCUT2D eigenvalue weighted by molar-refractivity contribution is 0.194. The average Bonchev–Trinajstić information content (AvgIpc) is 2.55. The third kappa shape index (κ3) is 18.6. The first-order chi connectivity index (χ1) is 11.8. The molecule has 0 aliphatic rings. The zero-order valence-corrected chi connectivity index (χ0v) is 15.5. The van der Waals surface area contributed by atoms with Crippen LogP contribution in [0, 0.1) is 5.92 Å². The number of rotatable bonds is 12. The zero-order valence-electron chi connectivity index (χ0n) is 15.5. The fraction of sp³-hybridized carbons (Fsp3) is 0.867. The molecule has 0 heterocycles. The van der Waals surface area contributed by atoms with Crippen LogP contribution >= 0.6 is 0 Å². The van der Waals surface area contributed by atoms with Crippen molar-refractivity contribution >= 4 is 12.1 Å². The summed E-state index contributed by atoms with van der Waals surface area (Å²) in [7, 11) is 0. The van der Waals surface area contributed by atoms with Crippen molar-refractivity contribution in [3.63, 3.8) is 0 Å². The molecule has 0 saturated heterocycles. The van der Waals surface area contributed by atoms with Gasteiger partial charge in [0, 0.05) is 13.1 Å². The van der Waals surface area contributed by atoms with E-state index in [4.69, 9.17) is 34.6 Å². The standard InChI is InChI=1S/C8H20N6O2.C7H18N2/c1-6(5-14(12)8(10)16)3-2-4-13(11)7(9)15;8-6-4-2-1-3-5-7-9/h6H,2-5,11-12H2,1H3,(H2,9,15)(H2,10,16);1-9H2. The van der Waals surface area contributed by atoms with Crippen LogP contribution in [0.2, 0.25) is 0 Å². The fourth-order valence-corrected chi connectivity index (χ4v) is 2.06. The normalized spacial score (nSPS) is 11.2. The highest BCUT2D eigenvalue weighted by Gasteiger charge is 2.11. The summed E-state index contributed by atoms with van der Waals surface area (Å²) in [6.45, 7) is 4.34. The van der Waals surface area contributed by atoms with Crippen LogP contribution in [0.15, 0.2) is 0 Å². The Labute approximate surface area is 151 Å². The van der Waals surface area contributed by atoms with Crippen molar-refractivity contribution in [3.05, 3.63) is 0 Å². The van der Waals surface area contributed by atoms with Crippen LogP contribution in [-0.2, 0) is 0 Å². The van der Waals surface area contributed by atoms with Gasteiger partial charge in [-0.05, 0) is 44.7 Å². The van der Waals surface area contributed by atoms with Crippen molar-refractivity contribution in [1.29, 1.82) is 0 Å². The Morgan fingerprint density at radius 1 is 0.800 bits per heavy atom. The van der Waals surface area contributed by atoms with Crippen LogP contribution in [0.4, 0.5) is 9.59 Å². The highest BCUT2D eigenvalue weighted by atomic mass is 16.2. The van der Waals surface area contributed by atoms with Gasteiger partial charge in [-0.1, -0.05) is 26.2 Å². The van der Waals surface area contributed by atoms with E-state index in [0.717, 1.165) is 29.5 Å². The largest absolute Gasteiger partial charge is 0.350 e. The van der Waals surface area contributed by atoms with Gasteiger partial charge in [0.2, 0.25) is 0 Å². The van der Waals surface area contributed by atoms with Gasteiger partial charge in [0.05, 0.1) is 0 Å².